The molecule has 1 unspecified atom stereocenters. The number of carbonyl (C=O) groups is 2. The summed E-state index contributed by atoms with van der Waals surface area (Å²) in [6.07, 6.45) is 3.62. The number of benzene rings is 1. The molecule has 2 fully saturated rings. The van der Waals surface area contributed by atoms with Gasteiger partial charge in [0.15, 0.2) is 0 Å². The maximum absolute atomic E-state index is 12.0. The molecule has 32 heavy (non-hydrogen) atoms. The molecule has 2 amide bonds. The predicted molar refractivity (Wildman–Crippen MR) is 118 cm³/mol. The van der Waals surface area contributed by atoms with Gasteiger partial charge >= 0.3 is 0 Å². The van der Waals surface area contributed by atoms with Gasteiger partial charge in [0.2, 0.25) is 12.1 Å². The summed E-state index contributed by atoms with van der Waals surface area (Å²) in [6.45, 7) is 4.49. The van der Waals surface area contributed by atoms with Gasteiger partial charge in [0.25, 0.3) is 5.91 Å². The molecule has 9 heteroatoms. The first-order chi connectivity index (χ1) is 15.6. The second kappa shape index (κ2) is 10.5. The Bertz CT molecular complexity index is 824. The first-order valence-electron chi connectivity index (χ1n) is 11.4. The van der Waals surface area contributed by atoms with Gasteiger partial charge in [-0.05, 0) is 37.8 Å². The zero-order valence-electron chi connectivity index (χ0n) is 18.9. The maximum atomic E-state index is 12.0. The van der Waals surface area contributed by atoms with E-state index in [2.05, 4.69) is 10.2 Å². The van der Waals surface area contributed by atoms with Crippen molar-refractivity contribution in [3.05, 3.63) is 17.7 Å². The van der Waals surface area contributed by atoms with Gasteiger partial charge in [-0.25, -0.2) is 0 Å². The Kier molecular flexibility index (Phi) is 7.49. The molecule has 0 spiro atoms. The lowest BCUT2D eigenvalue weighted by atomic mass is 10.0. The smallest absolute Gasteiger partial charge is 0.275 e. The standard InChI is InChI=1S/C23H33N3O6/c1-29-14-15-32-23-22(28)26(23)16-8-11-25(12-9-16)10-3-13-31-18-5-6-19(30-2)21-17(18)4-7-20(27)24-21/h5-6,16,23H,3-4,7-15H2,1-2H3,(H,24,27). The molecule has 0 aromatic heterocycles. The van der Waals surface area contributed by atoms with Crippen LogP contribution in [0.5, 0.6) is 11.5 Å². The lowest BCUT2D eigenvalue weighted by molar-refractivity contribution is -0.117. The van der Waals surface area contributed by atoms with Gasteiger partial charge in [-0.3, -0.25) is 9.59 Å². The van der Waals surface area contributed by atoms with E-state index >= 15 is 0 Å². The van der Waals surface area contributed by atoms with E-state index in [1.807, 2.05) is 17.0 Å². The summed E-state index contributed by atoms with van der Waals surface area (Å²) in [6, 6.07) is 4.04. The lowest BCUT2D eigenvalue weighted by Crippen LogP contribution is -2.40. The zero-order chi connectivity index (χ0) is 22.5. The van der Waals surface area contributed by atoms with Crippen LogP contribution < -0.4 is 14.8 Å². The van der Waals surface area contributed by atoms with Crippen molar-refractivity contribution in [1.29, 1.82) is 0 Å². The van der Waals surface area contributed by atoms with Crippen molar-refractivity contribution in [1.82, 2.24) is 9.80 Å². The third-order valence-corrected chi connectivity index (χ3v) is 6.36. The van der Waals surface area contributed by atoms with Crippen molar-refractivity contribution in [3.63, 3.8) is 0 Å². The number of methoxy groups -OCH3 is 2. The van der Waals surface area contributed by atoms with Gasteiger partial charge in [-0.15, -0.1) is 0 Å². The Morgan fingerprint density at radius 1 is 1.03 bits per heavy atom. The highest BCUT2D eigenvalue weighted by Gasteiger charge is 2.51. The van der Waals surface area contributed by atoms with Crippen molar-refractivity contribution >= 4 is 17.5 Å². The van der Waals surface area contributed by atoms with Crippen LogP contribution in [-0.4, -0.2) is 87.6 Å². The summed E-state index contributed by atoms with van der Waals surface area (Å²) in [5.41, 5.74) is 1.74. The van der Waals surface area contributed by atoms with Crippen LogP contribution in [0.15, 0.2) is 12.1 Å². The number of amides is 2. The average molecular weight is 448 g/mol. The topological polar surface area (TPSA) is 89.3 Å². The van der Waals surface area contributed by atoms with Gasteiger partial charge in [0.05, 0.1) is 32.6 Å². The molecule has 0 aliphatic carbocycles. The molecule has 2 saturated heterocycles. The van der Waals surface area contributed by atoms with Crippen LogP contribution in [0.25, 0.3) is 0 Å². The fraction of sp³-hybridized carbons (Fsp3) is 0.652. The first-order valence-corrected chi connectivity index (χ1v) is 11.4. The van der Waals surface area contributed by atoms with E-state index in [0.717, 1.165) is 55.9 Å². The van der Waals surface area contributed by atoms with E-state index in [1.165, 1.54) is 0 Å². The van der Waals surface area contributed by atoms with Crippen molar-refractivity contribution in [2.24, 2.45) is 0 Å². The Morgan fingerprint density at radius 3 is 2.56 bits per heavy atom. The SMILES string of the molecule is COCCOC1C(=O)N1C1CCN(CCCOc2ccc(OC)c3c2CCC(=O)N3)CC1. The van der Waals surface area contributed by atoms with Crippen LogP contribution in [0.1, 0.15) is 31.2 Å². The number of likely N-dealkylation sites (tertiary alicyclic amines) is 1. The maximum Gasteiger partial charge on any atom is 0.275 e. The molecule has 9 nitrogen and oxygen atoms in total. The molecule has 1 aromatic carbocycles. The molecule has 0 saturated carbocycles. The normalized spacial score (nSPS) is 21.3. The number of nitrogens with zero attached hydrogens (tertiary/aromatic N) is 2. The summed E-state index contributed by atoms with van der Waals surface area (Å²) < 4.78 is 22.0. The second-order valence-electron chi connectivity index (χ2n) is 8.40. The monoisotopic (exact) mass is 447 g/mol. The van der Waals surface area contributed by atoms with Crippen LogP contribution in [0.3, 0.4) is 0 Å². The molecular weight excluding hydrogens is 414 g/mol. The average Bonchev–Trinajstić information content (AvgIpc) is 3.45. The van der Waals surface area contributed by atoms with Gasteiger partial charge in [0, 0.05) is 44.8 Å². The Hall–Kier alpha value is -2.36. The summed E-state index contributed by atoms with van der Waals surface area (Å²) in [5, 5.41) is 2.91. The van der Waals surface area contributed by atoms with Crippen molar-refractivity contribution in [3.8, 4) is 11.5 Å². The van der Waals surface area contributed by atoms with Gasteiger partial charge in [-0.1, -0.05) is 0 Å². The fourth-order valence-electron chi connectivity index (χ4n) is 4.57. The molecule has 176 valence electrons. The third kappa shape index (κ3) is 5.16. The molecule has 0 radical (unpaired) electrons. The number of hydrogen-bond acceptors (Lipinski definition) is 7. The summed E-state index contributed by atoms with van der Waals surface area (Å²) in [4.78, 5) is 28.1. The van der Waals surface area contributed by atoms with Crippen molar-refractivity contribution < 1.29 is 28.5 Å². The molecule has 1 atom stereocenters. The van der Waals surface area contributed by atoms with E-state index in [9.17, 15) is 9.59 Å². The molecule has 0 bridgehead atoms. The van der Waals surface area contributed by atoms with E-state index in [0.29, 0.717) is 38.4 Å². The number of rotatable bonds is 11. The molecule has 1 N–H and O–H groups in total. The molecular formula is C23H33N3O6. The first kappa shape index (κ1) is 22.8. The van der Waals surface area contributed by atoms with E-state index in [-0.39, 0.29) is 24.1 Å². The third-order valence-electron chi connectivity index (χ3n) is 6.36. The minimum atomic E-state index is -0.365. The predicted octanol–water partition coefficient (Wildman–Crippen LogP) is 1.64. The van der Waals surface area contributed by atoms with Crippen molar-refractivity contribution in [2.75, 3.05) is 59.0 Å². The van der Waals surface area contributed by atoms with E-state index in [4.69, 9.17) is 18.9 Å². The zero-order valence-corrected chi connectivity index (χ0v) is 18.9. The molecule has 3 aliphatic heterocycles. The Morgan fingerprint density at radius 2 is 1.81 bits per heavy atom. The quantitative estimate of drug-likeness (QED) is 0.408. The fourth-order valence-corrected chi connectivity index (χ4v) is 4.57. The lowest BCUT2D eigenvalue weighted by Gasteiger charge is -2.32. The van der Waals surface area contributed by atoms with Crippen LogP contribution in [0.2, 0.25) is 0 Å². The Balaban J connectivity index is 1.18. The molecule has 4 rings (SSSR count). The highest BCUT2D eigenvalue weighted by atomic mass is 16.6. The highest BCUT2D eigenvalue weighted by Crippen LogP contribution is 2.38. The molecule has 3 heterocycles. The Labute approximate surface area is 188 Å². The largest absolute Gasteiger partial charge is 0.495 e. The molecule has 1 aromatic rings. The van der Waals surface area contributed by atoms with Gasteiger partial charge < -0.3 is 34.1 Å². The van der Waals surface area contributed by atoms with Crippen LogP contribution in [-0.2, 0) is 25.5 Å². The number of hydrogen-bond donors (Lipinski definition) is 1. The summed E-state index contributed by atoms with van der Waals surface area (Å²) >= 11 is 0. The van der Waals surface area contributed by atoms with E-state index in [1.54, 1.807) is 14.2 Å². The number of carbonyl (C=O) groups excluding carboxylic acids is 2. The van der Waals surface area contributed by atoms with Crippen LogP contribution in [0.4, 0.5) is 5.69 Å². The van der Waals surface area contributed by atoms with Crippen LogP contribution in [0, 0.1) is 0 Å². The highest BCUT2D eigenvalue weighted by molar-refractivity contribution is 5.96. The van der Waals surface area contributed by atoms with Gasteiger partial charge in [-0.2, -0.15) is 0 Å². The minimum absolute atomic E-state index is 0.00781. The van der Waals surface area contributed by atoms with Crippen LogP contribution >= 0.6 is 0 Å². The number of piperidine rings is 1. The van der Waals surface area contributed by atoms with E-state index < -0.39 is 0 Å². The molecule has 3 aliphatic rings. The number of nitrogens with one attached hydrogen (secondary N) is 1. The summed E-state index contributed by atoms with van der Waals surface area (Å²) in [5.74, 6) is 1.60. The summed E-state index contributed by atoms with van der Waals surface area (Å²) in [7, 11) is 3.23. The number of ether oxygens (including phenoxy) is 4. The second-order valence-corrected chi connectivity index (χ2v) is 8.40. The number of fused-ring (bicyclic) bond motifs is 1. The minimum Gasteiger partial charge on any atom is -0.495 e. The van der Waals surface area contributed by atoms with Crippen molar-refractivity contribution in [2.45, 2.75) is 44.4 Å². The van der Waals surface area contributed by atoms with Gasteiger partial charge in [0.1, 0.15) is 11.5 Å². The number of anilines is 1.